The Morgan fingerprint density at radius 1 is 1.12 bits per heavy atom. The molecule has 0 aliphatic rings. The lowest BCUT2D eigenvalue weighted by molar-refractivity contribution is 0.193. The highest BCUT2D eigenvalue weighted by Gasteiger charge is 2.17. The zero-order chi connectivity index (χ0) is 21.9. The molecule has 9 nitrogen and oxygen atoms in total. The Labute approximate surface area is 183 Å². The molecule has 1 atom stereocenters. The molecule has 0 saturated heterocycles. The molecule has 3 aromatic heterocycles. The Kier molecular flexibility index (Phi) is 5.01. The van der Waals surface area contributed by atoms with E-state index in [0.29, 0.717) is 17.9 Å². The highest BCUT2D eigenvalue weighted by Crippen LogP contribution is 2.36. The van der Waals surface area contributed by atoms with Crippen LogP contribution in [0, 0.1) is 11.3 Å². The fraction of sp³-hybridized carbons (Fsp3) is 0.130. The van der Waals surface area contributed by atoms with Crippen molar-refractivity contribution < 1.29 is 4.74 Å². The normalized spacial score (nSPS) is 11.9. The Bertz CT molecular complexity index is 1420. The molecule has 5 rings (SSSR count). The molecule has 0 aliphatic carbocycles. The van der Waals surface area contributed by atoms with Crippen LogP contribution >= 0.6 is 0 Å². The number of hydrogen-bond donors (Lipinski definition) is 0. The SMILES string of the molecule is CC(Cn1cnnn1)Oc1cccc(-c2cccc(C#N)c2-c2cnc3cccnn23)c1. The van der Waals surface area contributed by atoms with Gasteiger partial charge in [0.1, 0.15) is 18.2 Å². The van der Waals surface area contributed by atoms with E-state index in [0.717, 1.165) is 28.0 Å². The number of hydrogen-bond acceptors (Lipinski definition) is 7. The highest BCUT2D eigenvalue weighted by molar-refractivity contribution is 5.87. The number of rotatable bonds is 6. The van der Waals surface area contributed by atoms with E-state index in [1.165, 1.54) is 0 Å². The number of ether oxygens (including phenoxy) is 1. The molecule has 0 aliphatic heterocycles. The van der Waals surface area contributed by atoms with Crippen LogP contribution in [0.2, 0.25) is 0 Å². The molecule has 0 bridgehead atoms. The number of imidazole rings is 1. The van der Waals surface area contributed by atoms with E-state index in [4.69, 9.17) is 4.74 Å². The van der Waals surface area contributed by atoms with E-state index in [2.05, 4.69) is 31.7 Å². The van der Waals surface area contributed by atoms with Crippen molar-refractivity contribution in [3.8, 4) is 34.2 Å². The number of nitrogens with zero attached hydrogens (tertiary/aromatic N) is 8. The smallest absolute Gasteiger partial charge is 0.154 e. The maximum atomic E-state index is 9.81. The van der Waals surface area contributed by atoms with Crippen LogP contribution in [0.15, 0.2) is 73.3 Å². The monoisotopic (exact) mass is 422 g/mol. The second kappa shape index (κ2) is 8.28. The van der Waals surface area contributed by atoms with Crippen LogP contribution in [-0.4, -0.2) is 40.9 Å². The van der Waals surface area contributed by atoms with Gasteiger partial charge >= 0.3 is 0 Å². The first-order valence-electron chi connectivity index (χ1n) is 10.0. The molecule has 0 spiro atoms. The van der Waals surface area contributed by atoms with Crippen LogP contribution in [0.3, 0.4) is 0 Å². The minimum Gasteiger partial charge on any atom is -0.489 e. The van der Waals surface area contributed by atoms with Crippen molar-refractivity contribution >= 4 is 5.65 Å². The molecule has 2 aromatic carbocycles. The maximum Gasteiger partial charge on any atom is 0.154 e. The summed E-state index contributed by atoms with van der Waals surface area (Å²) in [7, 11) is 0. The molecule has 0 saturated carbocycles. The molecule has 0 radical (unpaired) electrons. The van der Waals surface area contributed by atoms with Crippen molar-refractivity contribution in [1.29, 1.82) is 5.26 Å². The lowest BCUT2D eigenvalue weighted by Crippen LogP contribution is -2.20. The second-order valence-corrected chi connectivity index (χ2v) is 7.27. The van der Waals surface area contributed by atoms with Crippen molar-refractivity contribution in [2.24, 2.45) is 0 Å². The summed E-state index contributed by atoms with van der Waals surface area (Å²) in [5.74, 6) is 0.715. The first-order valence-corrected chi connectivity index (χ1v) is 10.0. The van der Waals surface area contributed by atoms with Crippen molar-refractivity contribution in [2.75, 3.05) is 0 Å². The molecular formula is C23H18N8O. The van der Waals surface area contributed by atoms with E-state index >= 15 is 0 Å². The number of aromatic nitrogens is 7. The van der Waals surface area contributed by atoms with Crippen molar-refractivity contribution in [1.82, 2.24) is 34.8 Å². The fourth-order valence-corrected chi connectivity index (χ4v) is 3.70. The van der Waals surface area contributed by atoms with Crippen molar-refractivity contribution in [3.05, 3.63) is 78.9 Å². The molecule has 9 heteroatoms. The standard InChI is InChI=1S/C23H18N8O/c1-16(14-30-15-26-28-29-30)32-19-7-2-5-17(11-19)20-8-3-6-18(12-24)23(20)21-13-25-22-9-4-10-27-31(21)22/h2-11,13,15-16H,14H2,1H3. The Balaban J connectivity index is 1.54. The third-order valence-corrected chi connectivity index (χ3v) is 5.04. The Morgan fingerprint density at radius 3 is 2.88 bits per heavy atom. The number of nitriles is 1. The van der Waals surface area contributed by atoms with Crippen molar-refractivity contribution in [3.63, 3.8) is 0 Å². The summed E-state index contributed by atoms with van der Waals surface area (Å²) in [4.78, 5) is 4.45. The van der Waals surface area contributed by atoms with Gasteiger partial charge in [-0.2, -0.15) is 10.4 Å². The van der Waals surface area contributed by atoms with E-state index in [1.54, 1.807) is 34.0 Å². The number of tetrazole rings is 1. The zero-order valence-electron chi connectivity index (χ0n) is 17.2. The van der Waals surface area contributed by atoms with Gasteiger partial charge in [0.25, 0.3) is 0 Å². The zero-order valence-corrected chi connectivity index (χ0v) is 17.2. The third kappa shape index (κ3) is 3.65. The average molecular weight is 422 g/mol. The fourth-order valence-electron chi connectivity index (χ4n) is 3.70. The second-order valence-electron chi connectivity index (χ2n) is 7.27. The summed E-state index contributed by atoms with van der Waals surface area (Å²) in [6.07, 6.45) is 4.87. The van der Waals surface area contributed by atoms with Gasteiger partial charge in [0, 0.05) is 11.8 Å². The van der Waals surface area contributed by atoms with Crippen LogP contribution in [0.25, 0.3) is 28.0 Å². The highest BCUT2D eigenvalue weighted by atomic mass is 16.5. The number of fused-ring (bicyclic) bond motifs is 1. The Hall–Kier alpha value is -4.58. The van der Waals surface area contributed by atoms with Gasteiger partial charge in [-0.3, -0.25) is 0 Å². The maximum absolute atomic E-state index is 9.81. The van der Waals surface area contributed by atoms with Crippen molar-refractivity contribution in [2.45, 2.75) is 19.6 Å². The average Bonchev–Trinajstić information content (AvgIpc) is 3.48. The van der Waals surface area contributed by atoms with Gasteiger partial charge < -0.3 is 4.74 Å². The summed E-state index contributed by atoms with van der Waals surface area (Å²) in [6.45, 7) is 2.49. The van der Waals surface area contributed by atoms with E-state index in [1.807, 2.05) is 55.5 Å². The van der Waals surface area contributed by atoms with E-state index < -0.39 is 0 Å². The molecule has 3 heterocycles. The summed E-state index contributed by atoms with van der Waals surface area (Å²) in [6, 6.07) is 19.5. The predicted molar refractivity (Wildman–Crippen MR) is 116 cm³/mol. The molecule has 0 N–H and O–H groups in total. The molecule has 0 amide bonds. The van der Waals surface area contributed by atoms with E-state index in [-0.39, 0.29) is 6.10 Å². The molecule has 156 valence electrons. The van der Waals surface area contributed by atoms with E-state index in [9.17, 15) is 5.26 Å². The van der Waals surface area contributed by atoms with Gasteiger partial charge in [-0.1, -0.05) is 24.3 Å². The van der Waals surface area contributed by atoms with Gasteiger partial charge in [0.15, 0.2) is 5.65 Å². The van der Waals surface area contributed by atoms with Crippen LogP contribution in [0.4, 0.5) is 0 Å². The lowest BCUT2D eigenvalue weighted by atomic mass is 9.94. The summed E-state index contributed by atoms with van der Waals surface area (Å²) in [5, 5.41) is 25.4. The van der Waals surface area contributed by atoms with Gasteiger partial charge in [-0.25, -0.2) is 14.2 Å². The van der Waals surface area contributed by atoms with Gasteiger partial charge in [0.05, 0.1) is 30.1 Å². The van der Waals surface area contributed by atoms with Crippen LogP contribution in [-0.2, 0) is 6.54 Å². The third-order valence-electron chi connectivity index (χ3n) is 5.04. The van der Waals surface area contributed by atoms with Crippen LogP contribution in [0.1, 0.15) is 12.5 Å². The van der Waals surface area contributed by atoms with Crippen LogP contribution < -0.4 is 4.74 Å². The topological polar surface area (TPSA) is 107 Å². The number of benzene rings is 2. The first kappa shape index (κ1) is 19.4. The minimum atomic E-state index is -0.137. The van der Waals surface area contributed by atoms with Crippen LogP contribution in [0.5, 0.6) is 5.75 Å². The predicted octanol–water partition coefficient (Wildman–Crippen LogP) is 3.39. The molecule has 1 unspecified atom stereocenters. The summed E-state index contributed by atoms with van der Waals surface area (Å²) in [5.41, 5.74) is 4.62. The first-order chi connectivity index (χ1) is 15.7. The molecule has 5 aromatic rings. The molecule has 0 fully saturated rings. The molecule has 32 heavy (non-hydrogen) atoms. The largest absolute Gasteiger partial charge is 0.489 e. The summed E-state index contributed by atoms with van der Waals surface area (Å²) < 4.78 is 9.47. The van der Waals surface area contributed by atoms with Gasteiger partial charge in [-0.05, 0) is 58.8 Å². The Morgan fingerprint density at radius 2 is 2.03 bits per heavy atom. The van der Waals surface area contributed by atoms with Gasteiger partial charge in [0.2, 0.25) is 0 Å². The molecular weight excluding hydrogens is 404 g/mol. The quantitative estimate of drug-likeness (QED) is 0.413. The van der Waals surface area contributed by atoms with Gasteiger partial charge in [-0.15, -0.1) is 5.10 Å². The minimum absolute atomic E-state index is 0.137. The lowest BCUT2D eigenvalue weighted by Gasteiger charge is -2.16. The summed E-state index contributed by atoms with van der Waals surface area (Å²) >= 11 is 0.